The molecule has 4 aromatic rings. The summed E-state index contributed by atoms with van der Waals surface area (Å²) in [5.41, 5.74) is -0.383. The molecule has 0 aliphatic heterocycles. The van der Waals surface area contributed by atoms with Gasteiger partial charge in [0.05, 0.1) is 22.9 Å². The number of aromatic nitrogens is 3. The molecule has 1 aliphatic carbocycles. The van der Waals surface area contributed by atoms with Crippen LogP contribution in [-0.4, -0.2) is 44.6 Å². The summed E-state index contributed by atoms with van der Waals surface area (Å²) in [5, 5.41) is 5.91. The van der Waals surface area contributed by atoms with E-state index in [1.54, 1.807) is 63.2 Å². The van der Waals surface area contributed by atoms with Crippen molar-refractivity contribution in [2.45, 2.75) is 38.8 Å². The van der Waals surface area contributed by atoms with Crippen molar-refractivity contribution in [3.63, 3.8) is 0 Å². The molecular weight excluding hydrogens is 642 g/mol. The van der Waals surface area contributed by atoms with Gasteiger partial charge in [-0.2, -0.15) is 0 Å². The summed E-state index contributed by atoms with van der Waals surface area (Å²) in [6.45, 7) is 3.33. The van der Waals surface area contributed by atoms with Crippen molar-refractivity contribution in [2.75, 3.05) is 24.7 Å². The molecule has 1 atom stereocenters. The summed E-state index contributed by atoms with van der Waals surface area (Å²) in [5.74, 6) is -0.708. The number of halogens is 2. The molecule has 2 N–H and O–H groups in total. The first-order valence-corrected chi connectivity index (χ1v) is 14.2. The van der Waals surface area contributed by atoms with E-state index in [-0.39, 0.29) is 39.9 Å². The van der Waals surface area contributed by atoms with E-state index >= 15 is 0 Å². The molecule has 0 radical (unpaired) electrons. The molecule has 0 saturated heterocycles. The summed E-state index contributed by atoms with van der Waals surface area (Å²) >= 11 is 2.00. The Morgan fingerprint density at radius 1 is 1.10 bits per heavy atom. The Morgan fingerprint density at radius 3 is 2.44 bits per heavy atom. The minimum atomic E-state index is -0.585. The number of likely N-dealkylation sites (N-methyl/N-ethyl adjacent to an activating group) is 1. The normalized spacial score (nSPS) is 14.0. The van der Waals surface area contributed by atoms with E-state index in [0.717, 1.165) is 0 Å². The van der Waals surface area contributed by atoms with E-state index in [1.807, 2.05) is 22.6 Å². The molecule has 10 nitrogen and oxygen atoms in total. The summed E-state index contributed by atoms with van der Waals surface area (Å²) < 4.78 is 19.4. The first-order chi connectivity index (χ1) is 19.4. The Kier molecular flexibility index (Phi) is 7.64. The molecule has 1 aliphatic rings. The van der Waals surface area contributed by atoms with Crippen LogP contribution in [0.2, 0.25) is 0 Å². The standard InChI is InChI=1S/C29H30FIN6O4/c1-15-24-23(25(35(5)27(15)39)33-22-12-9-17(31)13-21(22)30)28(40)37(19-10-11-19)29(41)36(24)20-8-6-7-18(14-20)32-26(38)16(2)34(3)4/h6-9,12-14,16,19,33H,10-11H2,1-5H3,(H,32,38). The summed E-state index contributed by atoms with van der Waals surface area (Å²) in [7, 11) is 5.09. The Hall–Kier alpha value is -3.78. The fraction of sp³-hybridized carbons (Fsp3) is 0.310. The number of hydrogen-bond acceptors (Lipinski definition) is 6. The molecule has 214 valence electrons. The minimum absolute atomic E-state index is 0.0770. The lowest BCUT2D eigenvalue weighted by molar-refractivity contribution is -0.119. The molecule has 1 unspecified atom stereocenters. The lowest BCUT2D eigenvalue weighted by Crippen LogP contribution is -2.41. The minimum Gasteiger partial charge on any atom is -0.338 e. The molecular formula is C29H30FIN6O4. The SMILES string of the molecule is Cc1c(=O)n(C)c(Nc2ccc(I)cc2F)c2c(=O)n(C3CC3)c(=O)n(-c3cccc(NC(=O)C(C)N(C)C)c3)c12. The highest BCUT2D eigenvalue weighted by atomic mass is 127. The smallest absolute Gasteiger partial charge is 0.336 e. The van der Waals surface area contributed by atoms with Crippen molar-refractivity contribution >= 4 is 56.6 Å². The number of hydrogen-bond donors (Lipinski definition) is 2. The van der Waals surface area contributed by atoms with Gasteiger partial charge in [-0.05, 0) is 99.8 Å². The second-order valence-electron chi connectivity index (χ2n) is 10.5. The van der Waals surface area contributed by atoms with Gasteiger partial charge in [-0.15, -0.1) is 0 Å². The third-order valence-electron chi connectivity index (χ3n) is 7.47. The highest BCUT2D eigenvalue weighted by Gasteiger charge is 2.31. The molecule has 2 aromatic heterocycles. The Labute approximate surface area is 248 Å². The predicted octanol–water partition coefficient (Wildman–Crippen LogP) is 3.87. The van der Waals surface area contributed by atoms with Crippen molar-refractivity contribution in [3.8, 4) is 5.69 Å². The molecule has 1 saturated carbocycles. The van der Waals surface area contributed by atoms with Gasteiger partial charge < -0.3 is 10.6 Å². The Morgan fingerprint density at radius 2 is 1.80 bits per heavy atom. The maximum atomic E-state index is 14.9. The Balaban J connectivity index is 1.80. The number of nitrogens with zero attached hydrogens (tertiary/aromatic N) is 4. The van der Waals surface area contributed by atoms with Gasteiger partial charge in [0.2, 0.25) is 5.91 Å². The number of aryl methyl sites for hydroxylation is 1. The van der Waals surface area contributed by atoms with Crippen molar-refractivity contribution in [1.82, 2.24) is 18.6 Å². The van der Waals surface area contributed by atoms with E-state index in [9.17, 15) is 23.6 Å². The predicted molar refractivity (Wildman–Crippen MR) is 166 cm³/mol. The second kappa shape index (κ2) is 10.9. The van der Waals surface area contributed by atoms with Gasteiger partial charge >= 0.3 is 5.69 Å². The number of carbonyl (C=O) groups is 1. The third kappa shape index (κ3) is 5.21. The highest BCUT2D eigenvalue weighted by Crippen LogP contribution is 2.34. The number of fused-ring (bicyclic) bond motifs is 1. The van der Waals surface area contributed by atoms with E-state index < -0.39 is 28.7 Å². The lowest BCUT2D eigenvalue weighted by atomic mass is 10.1. The average molecular weight is 672 g/mol. The van der Waals surface area contributed by atoms with Gasteiger partial charge in [-0.25, -0.2) is 9.18 Å². The van der Waals surface area contributed by atoms with Crippen molar-refractivity contribution in [3.05, 3.63) is 88.6 Å². The quantitative estimate of drug-likeness (QED) is 0.289. The van der Waals surface area contributed by atoms with Crippen LogP contribution in [0.25, 0.3) is 16.6 Å². The number of carbonyl (C=O) groups excluding carboxylic acids is 1. The van der Waals surface area contributed by atoms with E-state index in [2.05, 4.69) is 10.6 Å². The summed E-state index contributed by atoms with van der Waals surface area (Å²) in [6, 6.07) is 10.6. The van der Waals surface area contributed by atoms with E-state index in [1.165, 1.54) is 32.9 Å². The maximum Gasteiger partial charge on any atom is 0.336 e. The van der Waals surface area contributed by atoms with Gasteiger partial charge in [-0.1, -0.05) is 6.07 Å². The monoisotopic (exact) mass is 672 g/mol. The average Bonchev–Trinajstić information content (AvgIpc) is 3.76. The van der Waals surface area contributed by atoms with Crippen molar-refractivity contribution in [1.29, 1.82) is 0 Å². The molecule has 2 heterocycles. The second-order valence-corrected chi connectivity index (χ2v) is 11.8. The van der Waals surface area contributed by atoms with Gasteiger partial charge in [0.15, 0.2) is 0 Å². The third-order valence-corrected chi connectivity index (χ3v) is 8.14. The van der Waals surface area contributed by atoms with Gasteiger partial charge in [0.1, 0.15) is 17.0 Å². The molecule has 12 heteroatoms. The molecule has 0 bridgehead atoms. The number of rotatable bonds is 7. The van der Waals surface area contributed by atoms with E-state index in [4.69, 9.17) is 0 Å². The van der Waals surface area contributed by atoms with Gasteiger partial charge in [0, 0.05) is 27.9 Å². The number of amides is 1. The van der Waals surface area contributed by atoms with Crippen LogP contribution in [0.15, 0.2) is 56.8 Å². The molecule has 2 aromatic carbocycles. The fourth-order valence-corrected chi connectivity index (χ4v) is 5.23. The molecule has 1 fully saturated rings. The number of pyridine rings is 1. The summed E-state index contributed by atoms with van der Waals surface area (Å²) in [6.07, 6.45) is 1.33. The van der Waals surface area contributed by atoms with Crippen LogP contribution in [0.1, 0.15) is 31.4 Å². The van der Waals surface area contributed by atoms with Crippen LogP contribution in [0, 0.1) is 16.3 Å². The van der Waals surface area contributed by atoms with Gasteiger partial charge in [0.25, 0.3) is 11.1 Å². The maximum absolute atomic E-state index is 14.9. The molecule has 1 amide bonds. The Bertz CT molecular complexity index is 1890. The fourth-order valence-electron chi connectivity index (χ4n) is 4.78. The molecule has 41 heavy (non-hydrogen) atoms. The van der Waals surface area contributed by atoms with E-state index in [0.29, 0.717) is 27.8 Å². The zero-order valence-electron chi connectivity index (χ0n) is 23.3. The lowest BCUT2D eigenvalue weighted by Gasteiger charge is -2.21. The van der Waals surface area contributed by atoms with Crippen LogP contribution in [-0.2, 0) is 11.8 Å². The van der Waals surface area contributed by atoms with Crippen LogP contribution >= 0.6 is 22.6 Å². The first kappa shape index (κ1) is 28.7. The molecule has 0 spiro atoms. The topological polar surface area (TPSA) is 110 Å². The zero-order chi connectivity index (χ0) is 29.7. The van der Waals surface area contributed by atoms with Crippen LogP contribution in [0.3, 0.4) is 0 Å². The van der Waals surface area contributed by atoms with Crippen LogP contribution < -0.4 is 27.4 Å². The van der Waals surface area contributed by atoms with Crippen molar-refractivity contribution in [2.24, 2.45) is 7.05 Å². The van der Waals surface area contributed by atoms with Crippen molar-refractivity contribution < 1.29 is 9.18 Å². The molecule has 5 rings (SSSR count). The number of benzene rings is 2. The van der Waals surface area contributed by atoms with Crippen LogP contribution in [0.5, 0.6) is 0 Å². The number of anilines is 3. The van der Waals surface area contributed by atoms with Crippen LogP contribution in [0.4, 0.5) is 21.6 Å². The zero-order valence-corrected chi connectivity index (χ0v) is 25.4. The first-order valence-electron chi connectivity index (χ1n) is 13.1. The largest absolute Gasteiger partial charge is 0.338 e. The number of nitrogens with one attached hydrogen (secondary N) is 2. The highest BCUT2D eigenvalue weighted by molar-refractivity contribution is 14.1. The summed E-state index contributed by atoms with van der Waals surface area (Å²) in [4.78, 5) is 55.9. The van der Waals surface area contributed by atoms with Gasteiger partial charge in [-0.3, -0.25) is 33.0 Å².